The van der Waals surface area contributed by atoms with Crippen LogP contribution in [0.3, 0.4) is 0 Å². The number of carbonyl (C=O) groups is 1. The lowest BCUT2D eigenvalue weighted by atomic mass is 10.2. The third-order valence-electron chi connectivity index (χ3n) is 2.36. The minimum atomic E-state index is -1.34. The van der Waals surface area contributed by atoms with E-state index < -0.39 is 17.1 Å². The zero-order valence-electron chi connectivity index (χ0n) is 9.42. The van der Waals surface area contributed by atoms with Gasteiger partial charge >= 0.3 is 5.97 Å². The molecule has 0 radical (unpaired) electrons. The predicted molar refractivity (Wildman–Crippen MR) is 69.2 cm³/mol. The van der Waals surface area contributed by atoms with Crippen LogP contribution < -0.4 is 5.43 Å². The van der Waals surface area contributed by atoms with E-state index in [2.05, 4.69) is 21.0 Å². The summed E-state index contributed by atoms with van der Waals surface area (Å²) in [4.78, 5) is 22.2. The van der Waals surface area contributed by atoms with Crippen molar-refractivity contribution in [2.75, 3.05) is 0 Å². The number of benzene rings is 1. The number of aryl methyl sites for hydroxylation is 1. The fraction of sp³-hybridized carbons (Fsp3) is 0.0833. The van der Waals surface area contributed by atoms with Gasteiger partial charge in [-0.3, -0.25) is 4.79 Å². The van der Waals surface area contributed by atoms with Crippen molar-refractivity contribution < 1.29 is 9.90 Å². The average Bonchev–Trinajstić information content (AvgIpc) is 2.33. The van der Waals surface area contributed by atoms with E-state index in [0.29, 0.717) is 5.69 Å². The zero-order valence-corrected chi connectivity index (χ0v) is 11.0. The molecule has 0 spiro atoms. The Hall–Kier alpha value is -1.95. The van der Waals surface area contributed by atoms with Crippen LogP contribution in [-0.4, -0.2) is 20.9 Å². The number of nitrogens with zero attached hydrogens (tertiary/aromatic N) is 2. The van der Waals surface area contributed by atoms with Crippen LogP contribution in [-0.2, 0) is 0 Å². The monoisotopic (exact) mass is 308 g/mol. The highest BCUT2D eigenvalue weighted by molar-refractivity contribution is 9.10. The molecule has 2 rings (SSSR count). The number of carboxylic acid groups (broad SMARTS) is 1. The Morgan fingerprint density at radius 3 is 2.78 bits per heavy atom. The van der Waals surface area contributed by atoms with Crippen LogP contribution in [0.15, 0.2) is 39.7 Å². The molecule has 0 saturated heterocycles. The van der Waals surface area contributed by atoms with E-state index in [1.54, 1.807) is 0 Å². The Morgan fingerprint density at radius 2 is 2.11 bits per heavy atom. The first kappa shape index (κ1) is 12.5. The van der Waals surface area contributed by atoms with Crippen molar-refractivity contribution in [2.45, 2.75) is 6.92 Å². The SMILES string of the molecule is Cc1ccc(Br)c(-n2ccc(=O)c(C(=O)O)n2)c1. The Labute approximate surface area is 111 Å². The number of aromatic nitrogens is 2. The highest BCUT2D eigenvalue weighted by Crippen LogP contribution is 2.21. The van der Waals surface area contributed by atoms with Crippen LogP contribution in [0.2, 0.25) is 0 Å². The molecule has 0 unspecified atom stereocenters. The molecule has 92 valence electrons. The molecule has 18 heavy (non-hydrogen) atoms. The largest absolute Gasteiger partial charge is 0.476 e. The summed E-state index contributed by atoms with van der Waals surface area (Å²) in [6, 6.07) is 6.78. The first-order valence-electron chi connectivity index (χ1n) is 5.09. The molecule has 0 saturated carbocycles. The van der Waals surface area contributed by atoms with Gasteiger partial charge in [0, 0.05) is 16.7 Å². The maximum absolute atomic E-state index is 11.3. The number of aromatic carboxylic acids is 1. The van der Waals surface area contributed by atoms with Gasteiger partial charge in [0.05, 0.1) is 5.69 Å². The van der Waals surface area contributed by atoms with Gasteiger partial charge in [-0.25, -0.2) is 9.48 Å². The van der Waals surface area contributed by atoms with E-state index in [9.17, 15) is 9.59 Å². The summed E-state index contributed by atoms with van der Waals surface area (Å²) >= 11 is 3.36. The van der Waals surface area contributed by atoms with Crippen LogP contribution in [0, 0.1) is 6.92 Å². The van der Waals surface area contributed by atoms with Crippen LogP contribution >= 0.6 is 15.9 Å². The van der Waals surface area contributed by atoms with Crippen molar-refractivity contribution in [3.8, 4) is 5.69 Å². The molecule has 6 heteroatoms. The normalized spacial score (nSPS) is 10.3. The summed E-state index contributed by atoms with van der Waals surface area (Å²) in [6.07, 6.45) is 1.44. The van der Waals surface area contributed by atoms with Crippen molar-refractivity contribution in [1.29, 1.82) is 0 Å². The molecule has 0 bridgehead atoms. The number of carboxylic acids is 1. The molecule has 0 aliphatic heterocycles. The van der Waals surface area contributed by atoms with Gasteiger partial charge in [0.25, 0.3) is 0 Å². The molecule has 1 N–H and O–H groups in total. The average molecular weight is 309 g/mol. The fourth-order valence-corrected chi connectivity index (χ4v) is 1.92. The van der Waals surface area contributed by atoms with Gasteiger partial charge in [-0.05, 0) is 40.5 Å². The molecule has 0 aliphatic carbocycles. The standard InChI is InChI=1S/C12H9BrN2O3/c1-7-2-3-8(13)9(6-7)15-5-4-10(16)11(14-15)12(17)18/h2-6H,1H3,(H,17,18). The van der Waals surface area contributed by atoms with E-state index >= 15 is 0 Å². The first-order chi connectivity index (χ1) is 8.49. The lowest BCUT2D eigenvalue weighted by Gasteiger charge is -2.08. The fourth-order valence-electron chi connectivity index (χ4n) is 1.49. The summed E-state index contributed by atoms with van der Waals surface area (Å²) < 4.78 is 2.13. The highest BCUT2D eigenvalue weighted by atomic mass is 79.9. The van der Waals surface area contributed by atoms with E-state index in [4.69, 9.17) is 5.11 Å². The lowest BCUT2D eigenvalue weighted by molar-refractivity contribution is 0.0687. The Bertz CT molecular complexity index is 679. The third kappa shape index (κ3) is 2.33. The van der Waals surface area contributed by atoms with Crippen molar-refractivity contribution in [3.05, 3.63) is 56.4 Å². The van der Waals surface area contributed by atoms with Crippen molar-refractivity contribution in [3.63, 3.8) is 0 Å². The smallest absolute Gasteiger partial charge is 0.360 e. The molecule has 2 aromatic rings. The molecular formula is C12H9BrN2O3. The van der Waals surface area contributed by atoms with E-state index in [1.807, 2.05) is 25.1 Å². The maximum Gasteiger partial charge on any atom is 0.360 e. The number of rotatable bonds is 2. The molecule has 0 aliphatic rings. The van der Waals surface area contributed by atoms with Gasteiger partial charge in [-0.15, -0.1) is 0 Å². The first-order valence-corrected chi connectivity index (χ1v) is 5.88. The topological polar surface area (TPSA) is 72.2 Å². The predicted octanol–water partition coefficient (Wildman–Crippen LogP) is 2.00. The van der Waals surface area contributed by atoms with Gasteiger partial charge in [0.1, 0.15) is 0 Å². The van der Waals surface area contributed by atoms with Crippen LogP contribution in [0.4, 0.5) is 0 Å². The molecule has 0 atom stereocenters. The van der Waals surface area contributed by atoms with Crippen LogP contribution in [0.5, 0.6) is 0 Å². The van der Waals surface area contributed by atoms with Gasteiger partial charge in [-0.2, -0.15) is 5.10 Å². The maximum atomic E-state index is 11.3. The van der Waals surface area contributed by atoms with Gasteiger partial charge in [0.2, 0.25) is 11.1 Å². The quantitative estimate of drug-likeness (QED) is 0.921. The van der Waals surface area contributed by atoms with Crippen molar-refractivity contribution in [1.82, 2.24) is 9.78 Å². The summed E-state index contributed by atoms with van der Waals surface area (Å²) in [5, 5.41) is 12.7. The molecule has 0 fully saturated rings. The molecule has 5 nitrogen and oxygen atoms in total. The highest BCUT2D eigenvalue weighted by Gasteiger charge is 2.12. The summed E-state index contributed by atoms with van der Waals surface area (Å²) in [5.41, 5.74) is 0.580. The van der Waals surface area contributed by atoms with Crippen LogP contribution in [0.1, 0.15) is 16.1 Å². The number of hydrogen-bond acceptors (Lipinski definition) is 3. The Kier molecular flexibility index (Phi) is 3.29. The molecular weight excluding hydrogens is 300 g/mol. The summed E-state index contributed by atoms with van der Waals surface area (Å²) in [5.74, 6) is -1.34. The van der Waals surface area contributed by atoms with Gasteiger partial charge in [0.15, 0.2) is 0 Å². The second-order valence-electron chi connectivity index (χ2n) is 3.73. The third-order valence-corrected chi connectivity index (χ3v) is 3.03. The van der Waals surface area contributed by atoms with E-state index in [0.717, 1.165) is 10.0 Å². The number of halogens is 1. The molecule has 0 amide bonds. The second kappa shape index (κ2) is 4.73. The molecule has 1 aromatic heterocycles. The number of hydrogen-bond donors (Lipinski definition) is 1. The van der Waals surface area contributed by atoms with Gasteiger partial charge in [-0.1, -0.05) is 6.07 Å². The second-order valence-corrected chi connectivity index (χ2v) is 4.59. The molecule has 1 heterocycles. The molecule has 1 aromatic carbocycles. The summed E-state index contributed by atoms with van der Waals surface area (Å²) in [6.45, 7) is 1.91. The van der Waals surface area contributed by atoms with Gasteiger partial charge < -0.3 is 5.11 Å². The lowest BCUT2D eigenvalue weighted by Crippen LogP contribution is -2.20. The van der Waals surface area contributed by atoms with Crippen molar-refractivity contribution in [2.24, 2.45) is 0 Å². The minimum absolute atomic E-state index is 0.495. The van der Waals surface area contributed by atoms with E-state index in [1.165, 1.54) is 16.9 Å². The van der Waals surface area contributed by atoms with E-state index in [-0.39, 0.29) is 0 Å². The van der Waals surface area contributed by atoms with Crippen molar-refractivity contribution >= 4 is 21.9 Å². The van der Waals surface area contributed by atoms with Crippen LogP contribution in [0.25, 0.3) is 5.69 Å². The zero-order chi connectivity index (χ0) is 13.3. The Balaban J connectivity index is 2.65. The Morgan fingerprint density at radius 1 is 1.39 bits per heavy atom. The minimum Gasteiger partial charge on any atom is -0.476 e. The summed E-state index contributed by atoms with van der Waals surface area (Å²) in [7, 11) is 0.